The molecule has 122 valence electrons. The molecular weight excluding hydrogens is 328 g/mol. The third kappa shape index (κ3) is 3.02. The molecule has 0 aromatic carbocycles. The van der Waals surface area contributed by atoms with Gasteiger partial charge >= 0.3 is 0 Å². The van der Waals surface area contributed by atoms with Gasteiger partial charge in [-0.15, -0.1) is 6.42 Å². The van der Waals surface area contributed by atoms with E-state index in [4.69, 9.17) is 11.2 Å². The highest BCUT2D eigenvalue weighted by Crippen LogP contribution is 2.29. The SMILES string of the molecule is C#Cc1cnc2ccc(-c3cnc(OC)c(NS(C)(=O)=O)c3)cn12. The van der Waals surface area contributed by atoms with Gasteiger partial charge < -0.3 is 4.74 Å². The number of anilines is 1. The Labute approximate surface area is 139 Å². The summed E-state index contributed by atoms with van der Waals surface area (Å²) in [5, 5.41) is 0. The van der Waals surface area contributed by atoms with Crippen molar-refractivity contribution in [1.82, 2.24) is 14.4 Å². The number of ether oxygens (including phenoxy) is 1. The van der Waals surface area contributed by atoms with Gasteiger partial charge in [-0.25, -0.2) is 18.4 Å². The topological polar surface area (TPSA) is 85.6 Å². The van der Waals surface area contributed by atoms with Gasteiger partial charge in [0.2, 0.25) is 15.9 Å². The minimum Gasteiger partial charge on any atom is -0.480 e. The molecule has 3 aromatic heterocycles. The van der Waals surface area contributed by atoms with Crippen LogP contribution in [0.5, 0.6) is 5.88 Å². The van der Waals surface area contributed by atoms with Gasteiger partial charge in [-0.2, -0.15) is 0 Å². The van der Waals surface area contributed by atoms with E-state index in [2.05, 4.69) is 20.6 Å². The van der Waals surface area contributed by atoms with Crippen LogP contribution in [0.15, 0.2) is 36.8 Å². The first-order chi connectivity index (χ1) is 11.4. The Kier molecular flexibility index (Phi) is 3.87. The first-order valence-electron chi connectivity index (χ1n) is 6.87. The monoisotopic (exact) mass is 342 g/mol. The van der Waals surface area contributed by atoms with Gasteiger partial charge in [0.05, 0.1) is 19.6 Å². The predicted octanol–water partition coefficient (Wildman–Crippen LogP) is 1.76. The summed E-state index contributed by atoms with van der Waals surface area (Å²) in [6, 6.07) is 5.33. The van der Waals surface area contributed by atoms with Crippen LogP contribution in [0.1, 0.15) is 5.69 Å². The highest BCUT2D eigenvalue weighted by atomic mass is 32.2. The van der Waals surface area contributed by atoms with Gasteiger partial charge in [-0.1, -0.05) is 5.92 Å². The van der Waals surface area contributed by atoms with Crippen LogP contribution >= 0.6 is 0 Å². The smallest absolute Gasteiger partial charge is 0.238 e. The Hall–Kier alpha value is -3.05. The van der Waals surface area contributed by atoms with Gasteiger partial charge in [0.15, 0.2) is 0 Å². The number of nitrogens with zero attached hydrogens (tertiary/aromatic N) is 3. The lowest BCUT2D eigenvalue weighted by atomic mass is 10.1. The normalized spacial score (nSPS) is 11.2. The number of methoxy groups -OCH3 is 1. The molecule has 0 saturated carbocycles. The largest absolute Gasteiger partial charge is 0.480 e. The minimum absolute atomic E-state index is 0.192. The summed E-state index contributed by atoms with van der Waals surface area (Å²) >= 11 is 0. The summed E-state index contributed by atoms with van der Waals surface area (Å²) < 4.78 is 32.3. The molecule has 0 aliphatic heterocycles. The van der Waals surface area contributed by atoms with Crippen LogP contribution in [-0.4, -0.2) is 36.2 Å². The van der Waals surface area contributed by atoms with Gasteiger partial charge in [-0.3, -0.25) is 9.12 Å². The van der Waals surface area contributed by atoms with E-state index in [0.29, 0.717) is 11.3 Å². The van der Waals surface area contributed by atoms with Gasteiger partial charge in [0.1, 0.15) is 17.0 Å². The van der Waals surface area contributed by atoms with Crippen LogP contribution in [0.25, 0.3) is 16.8 Å². The summed E-state index contributed by atoms with van der Waals surface area (Å²) in [6.45, 7) is 0. The molecule has 0 aliphatic rings. The zero-order chi connectivity index (χ0) is 17.3. The fourth-order valence-electron chi connectivity index (χ4n) is 2.30. The van der Waals surface area contributed by atoms with E-state index in [0.717, 1.165) is 17.5 Å². The number of imidazole rings is 1. The van der Waals surface area contributed by atoms with Crippen molar-refractivity contribution in [3.8, 4) is 29.4 Å². The fraction of sp³-hybridized carbons (Fsp3) is 0.125. The second-order valence-corrected chi connectivity index (χ2v) is 6.84. The number of rotatable bonds is 4. The third-order valence-corrected chi connectivity index (χ3v) is 3.92. The number of hydrogen-bond donors (Lipinski definition) is 1. The van der Waals surface area contributed by atoms with Crippen LogP contribution in [0.2, 0.25) is 0 Å². The van der Waals surface area contributed by atoms with Crippen molar-refractivity contribution < 1.29 is 13.2 Å². The summed E-state index contributed by atoms with van der Waals surface area (Å²) in [4.78, 5) is 8.36. The summed E-state index contributed by atoms with van der Waals surface area (Å²) in [6.07, 6.45) is 11.6. The number of terminal acetylenes is 1. The highest BCUT2D eigenvalue weighted by molar-refractivity contribution is 7.92. The quantitative estimate of drug-likeness (QED) is 0.730. The molecule has 0 unspecified atom stereocenters. The standard InChI is InChI=1S/C16H14N4O3S/c1-4-13-9-17-15-6-5-11(10-20(13)15)12-7-14(19-24(3,21)22)16(23-2)18-8-12/h1,5-10,19H,2-3H3. The first kappa shape index (κ1) is 15.8. The summed E-state index contributed by atoms with van der Waals surface area (Å²) in [7, 11) is -2.03. The van der Waals surface area contributed by atoms with E-state index in [-0.39, 0.29) is 11.6 Å². The maximum Gasteiger partial charge on any atom is 0.238 e. The van der Waals surface area contributed by atoms with Crippen LogP contribution in [-0.2, 0) is 10.0 Å². The van der Waals surface area contributed by atoms with E-state index in [1.807, 2.05) is 18.3 Å². The zero-order valence-electron chi connectivity index (χ0n) is 13.0. The number of pyridine rings is 2. The number of aromatic nitrogens is 3. The Balaban J connectivity index is 2.12. The zero-order valence-corrected chi connectivity index (χ0v) is 13.8. The summed E-state index contributed by atoms with van der Waals surface area (Å²) in [5.41, 5.74) is 3.13. The number of hydrogen-bond acceptors (Lipinski definition) is 5. The summed E-state index contributed by atoms with van der Waals surface area (Å²) in [5.74, 6) is 2.75. The average Bonchev–Trinajstić information content (AvgIpc) is 2.95. The lowest BCUT2D eigenvalue weighted by Gasteiger charge is -2.11. The van der Waals surface area contributed by atoms with Crippen LogP contribution in [0, 0.1) is 12.3 Å². The number of nitrogens with one attached hydrogen (secondary N) is 1. The maximum absolute atomic E-state index is 11.5. The van der Waals surface area contributed by atoms with E-state index in [1.54, 1.807) is 22.9 Å². The van der Waals surface area contributed by atoms with Crippen molar-refractivity contribution in [2.45, 2.75) is 0 Å². The van der Waals surface area contributed by atoms with Gasteiger partial charge in [-0.05, 0) is 18.2 Å². The molecule has 0 spiro atoms. The Morgan fingerprint density at radius 1 is 1.25 bits per heavy atom. The molecule has 3 rings (SSSR count). The lowest BCUT2D eigenvalue weighted by molar-refractivity contribution is 0.400. The molecule has 24 heavy (non-hydrogen) atoms. The lowest BCUT2D eigenvalue weighted by Crippen LogP contribution is -2.11. The average molecular weight is 342 g/mol. The molecule has 0 aliphatic carbocycles. The minimum atomic E-state index is -3.46. The molecule has 8 heteroatoms. The van der Waals surface area contributed by atoms with Crippen molar-refractivity contribution in [3.63, 3.8) is 0 Å². The van der Waals surface area contributed by atoms with Crippen LogP contribution < -0.4 is 9.46 Å². The second-order valence-electron chi connectivity index (χ2n) is 5.09. The molecule has 7 nitrogen and oxygen atoms in total. The molecule has 0 amide bonds. The molecule has 0 atom stereocenters. The molecule has 1 N–H and O–H groups in total. The van der Waals surface area contributed by atoms with Crippen molar-refractivity contribution in [2.24, 2.45) is 0 Å². The van der Waals surface area contributed by atoms with Crippen molar-refractivity contribution in [2.75, 3.05) is 18.1 Å². The third-order valence-electron chi connectivity index (χ3n) is 3.33. The molecule has 3 aromatic rings. The molecule has 0 radical (unpaired) electrons. The van der Waals surface area contributed by atoms with Gasteiger partial charge in [0, 0.05) is 23.5 Å². The van der Waals surface area contributed by atoms with E-state index in [9.17, 15) is 8.42 Å². The number of sulfonamides is 1. The Morgan fingerprint density at radius 2 is 2.04 bits per heavy atom. The fourth-order valence-corrected chi connectivity index (χ4v) is 2.85. The number of fused-ring (bicyclic) bond motifs is 1. The molecular formula is C16H14N4O3S. The van der Waals surface area contributed by atoms with Crippen LogP contribution in [0.4, 0.5) is 5.69 Å². The Bertz CT molecular complexity index is 1060. The van der Waals surface area contributed by atoms with E-state index in [1.165, 1.54) is 7.11 Å². The molecule has 0 bridgehead atoms. The molecule has 3 heterocycles. The van der Waals surface area contributed by atoms with E-state index < -0.39 is 10.0 Å². The Morgan fingerprint density at radius 3 is 2.71 bits per heavy atom. The van der Waals surface area contributed by atoms with Crippen LogP contribution in [0.3, 0.4) is 0 Å². The molecule has 0 saturated heterocycles. The first-order valence-corrected chi connectivity index (χ1v) is 8.76. The van der Waals surface area contributed by atoms with Crippen molar-refractivity contribution in [3.05, 3.63) is 42.5 Å². The maximum atomic E-state index is 11.5. The van der Waals surface area contributed by atoms with Crippen molar-refractivity contribution in [1.29, 1.82) is 0 Å². The van der Waals surface area contributed by atoms with Crippen molar-refractivity contribution >= 4 is 21.4 Å². The predicted molar refractivity (Wildman–Crippen MR) is 91.4 cm³/mol. The second kappa shape index (κ2) is 5.86. The van der Waals surface area contributed by atoms with Gasteiger partial charge in [0.25, 0.3) is 0 Å². The van der Waals surface area contributed by atoms with E-state index >= 15 is 0 Å². The molecule has 0 fully saturated rings. The highest BCUT2D eigenvalue weighted by Gasteiger charge is 2.12.